The Morgan fingerprint density at radius 1 is 1.10 bits per heavy atom. The van der Waals surface area contributed by atoms with Crippen molar-refractivity contribution in [3.63, 3.8) is 0 Å². The maximum atomic E-state index is 14.8. The summed E-state index contributed by atoms with van der Waals surface area (Å²) >= 11 is 1.53. The molecule has 30 heavy (non-hydrogen) atoms. The lowest BCUT2D eigenvalue weighted by Crippen LogP contribution is -2.05. The number of thioether (sulfide) groups is 1. The van der Waals surface area contributed by atoms with Crippen molar-refractivity contribution >= 4 is 39.5 Å². The zero-order valence-electron chi connectivity index (χ0n) is 16.3. The highest BCUT2D eigenvalue weighted by atomic mass is 32.2. The lowest BCUT2D eigenvalue weighted by molar-refractivity contribution is 0.595. The number of benzene rings is 2. The molecule has 0 amide bonds. The summed E-state index contributed by atoms with van der Waals surface area (Å²) < 4.78 is 18.7. The van der Waals surface area contributed by atoms with Crippen LogP contribution in [0.1, 0.15) is 11.1 Å². The first kappa shape index (κ1) is 18.6. The number of imidazole rings is 2. The van der Waals surface area contributed by atoms with E-state index in [4.69, 9.17) is 10.7 Å². The molecule has 0 fully saturated rings. The second-order valence-electron chi connectivity index (χ2n) is 7.06. The fourth-order valence-electron chi connectivity index (χ4n) is 3.72. The number of nitrogens with zero attached hydrogens (tertiary/aromatic N) is 5. The molecule has 3 aromatic heterocycles. The number of para-hydroxylation sites is 1. The van der Waals surface area contributed by atoms with Crippen LogP contribution < -0.4 is 5.73 Å². The van der Waals surface area contributed by atoms with Crippen molar-refractivity contribution in [2.75, 3.05) is 12.0 Å². The first-order valence-corrected chi connectivity index (χ1v) is 10.7. The lowest BCUT2D eigenvalue weighted by atomic mass is 10.1. The molecule has 6 nitrogen and oxygen atoms in total. The van der Waals surface area contributed by atoms with Gasteiger partial charge in [0.15, 0.2) is 11.0 Å². The number of hydrogen-bond acceptors (Lipinski definition) is 5. The summed E-state index contributed by atoms with van der Waals surface area (Å²) in [6.45, 7) is 0.936. The van der Waals surface area contributed by atoms with E-state index in [1.54, 1.807) is 18.6 Å². The molecule has 0 atom stereocenters. The Balaban J connectivity index is 1.59. The van der Waals surface area contributed by atoms with Gasteiger partial charge in [-0.1, -0.05) is 42.1 Å². The molecule has 8 heteroatoms. The highest BCUT2D eigenvalue weighted by molar-refractivity contribution is 7.98. The molecule has 150 valence electrons. The van der Waals surface area contributed by atoms with Crippen LogP contribution in [0.2, 0.25) is 0 Å². The Labute approximate surface area is 176 Å². The van der Waals surface area contributed by atoms with Crippen molar-refractivity contribution < 1.29 is 4.39 Å². The molecule has 5 aromatic rings. The molecule has 0 aliphatic heterocycles. The molecule has 0 aliphatic carbocycles. The number of nitrogens with two attached hydrogens (primary N) is 1. The van der Waals surface area contributed by atoms with Crippen LogP contribution in [-0.4, -0.2) is 30.3 Å². The van der Waals surface area contributed by atoms with Crippen LogP contribution in [0.4, 0.5) is 10.2 Å². The van der Waals surface area contributed by atoms with Gasteiger partial charge in [-0.05, 0) is 24.0 Å². The minimum Gasteiger partial charge on any atom is -0.382 e. The summed E-state index contributed by atoms with van der Waals surface area (Å²) in [5, 5.41) is 1.80. The predicted octanol–water partition coefficient (Wildman–Crippen LogP) is 4.32. The first-order valence-electron chi connectivity index (χ1n) is 9.45. The van der Waals surface area contributed by atoms with Gasteiger partial charge in [-0.3, -0.25) is 0 Å². The monoisotopic (exact) mass is 418 g/mol. The minimum atomic E-state index is -0.234. The topological polar surface area (TPSA) is 74.5 Å². The smallest absolute Gasteiger partial charge is 0.169 e. The van der Waals surface area contributed by atoms with E-state index in [-0.39, 0.29) is 5.82 Å². The maximum absolute atomic E-state index is 14.8. The third-order valence-electron chi connectivity index (χ3n) is 5.13. The lowest BCUT2D eigenvalue weighted by Gasteiger charge is -2.11. The SMILES string of the molecule is CSc1nc2c(N)nc3ccccc3c2n1Cc1ccc(Cn2ccnc2)c(F)c1. The Kier molecular flexibility index (Phi) is 4.63. The third-order valence-corrected chi connectivity index (χ3v) is 5.80. The molecular formula is C22H19FN6S. The van der Waals surface area contributed by atoms with Gasteiger partial charge in [0.1, 0.15) is 11.3 Å². The molecule has 0 saturated heterocycles. The van der Waals surface area contributed by atoms with Gasteiger partial charge in [0, 0.05) is 23.3 Å². The number of pyridine rings is 1. The van der Waals surface area contributed by atoms with Gasteiger partial charge < -0.3 is 14.9 Å². The van der Waals surface area contributed by atoms with Crippen molar-refractivity contribution in [1.82, 2.24) is 24.1 Å². The van der Waals surface area contributed by atoms with Crippen LogP contribution in [0.25, 0.3) is 21.9 Å². The molecule has 5 rings (SSSR count). The summed E-state index contributed by atoms with van der Waals surface area (Å²) in [6, 6.07) is 13.2. The Morgan fingerprint density at radius 2 is 1.97 bits per heavy atom. The van der Waals surface area contributed by atoms with Gasteiger partial charge in [0.25, 0.3) is 0 Å². The van der Waals surface area contributed by atoms with Crippen LogP contribution in [0.5, 0.6) is 0 Å². The zero-order valence-corrected chi connectivity index (χ0v) is 17.1. The number of hydrogen-bond donors (Lipinski definition) is 1. The molecular weight excluding hydrogens is 399 g/mol. The van der Waals surface area contributed by atoms with Crippen molar-refractivity contribution in [3.05, 3.63) is 78.1 Å². The van der Waals surface area contributed by atoms with Gasteiger partial charge in [-0.2, -0.15) is 0 Å². The van der Waals surface area contributed by atoms with Gasteiger partial charge >= 0.3 is 0 Å². The van der Waals surface area contributed by atoms with E-state index < -0.39 is 0 Å². The summed E-state index contributed by atoms with van der Waals surface area (Å²) in [5.74, 6) is 0.168. The van der Waals surface area contributed by atoms with Crippen LogP contribution in [0.15, 0.2) is 66.3 Å². The number of rotatable bonds is 5. The number of nitrogen functional groups attached to an aromatic ring is 1. The van der Waals surface area contributed by atoms with Gasteiger partial charge in [0.2, 0.25) is 0 Å². The fourth-order valence-corrected chi connectivity index (χ4v) is 4.28. The zero-order chi connectivity index (χ0) is 20.7. The average molecular weight is 419 g/mol. The highest BCUT2D eigenvalue weighted by Crippen LogP contribution is 2.32. The van der Waals surface area contributed by atoms with E-state index in [0.29, 0.717) is 30.0 Å². The average Bonchev–Trinajstić information content (AvgIpc) is 3.38. The van der Waals surface area contributed by atoms with Gasteiger partial charge in [-0.15, -0.1) is 0 Å². The van der Waals surface area contributed by atoms with Crippen molar-refractivity contribution in [2.24, 2.45) is 0 Å². The summed E-state index contributed by atoms with van der Waals surface area (Å²) in [5.41, 5.74) is 10.1. The molecule has 0 radical (unpaired) electrons. The molecule has 3 heterocycles. The summed E-state index contributed by atoms with van der Waals surface area (Å²) in [7, 11) is 0. The van der Waals surface area contributed by atoms with E-state index in [1.165, 1.54) is 11.8 Å². The molecule has 0 spiro atoms. The number of anilines is 1. The second kappa shape index (κ2) is 7.46. The first-order chi connectivity index (χ1) is 14.6. The highest BCUT2D eigenvalue weighted by Gasteiger charge is 2.17. The van der Waals surface area contributed by atoms with E-state index in [9.17, 15) is 4.39 Å². The molecule has 0 aliphatic rings. The molecule has 0 unspecified atom stereocenters. The third kappa shape index (κ3) is 3.19. The van der Waals surface area contributed by atoms with Crippen LogP contribution >= 0.6 is 11.8 Å². The van der Waals surface area contributed by atoms with Crippen LogP contribution in [0.3, 0.4) is 0 Å². The van der Waals surface area contributed by atoms with Crippen molar-refractivity contribution in [1.29, 1.82) is 0 Å². The molecule has 2 N–H and O–H groups in total. The quantitative estimate of drug-likeness (QED) is 0.430. The van der Waals surface area contributed by atoms with Crippen molar-refractivity contribution in [2.45, 2.75) is 18.2 Å². The van der Waals surface area contributed by atoms with E-state index in [2.05, 4.69) is 14.5 Å². The molecule has 0 saturated carbocycles. The Bertz CT molecular complexity index is 1360. The largest absolute Gasteiger partial charge is 0.382 e. The van der Waals surface area contributed by atoms with Gasteiger partial charge in [-0.25, -0.2) is 19.3 Å². The van der Waals surface area contributed by atoms with Crippen molar-refractivity contribution in [3.8, 4) is 0 Å². The number of fused-ring (bicyclic) bond motifs is 3. The second-order valence-corrected chi connectivity index (χ2v) is 7.83. The Hall–Kier alpha value is -3.39. The molecule has 2 aromatic carbocycles. The van der Waals surface area contributed by atoms with Gasteiger partial charge in [0.05, 0.1) is 30.5 Å². The van der Waals surface area contributed by atoms with E-state index in [0.717, 1.165) is 27.1 Å². The van der Waals surface area contributed by atoms with E-state index >= 15 is 0 Å². The van der Waals surface area contributed by atoms with Crippen LogP contribution in [0, 0.1) is 5.82 Å². The van der Waals surface area contributed by atoms with Crippen LogP contribution in [-0.2, 0) is 13.1 Å². The number of halogens is 1. The normalized spacial score (nSPS) is 11.5. The maximum Gasteiger partial charge on any atom is 0.169 e. The predicted molar refractivity (Wildman–Crippen MR) is 118 cm³/mol. The minimum absolute atomic E-state index is 0.234. The summed E-state index contributed by atoms with van der Waals surface area (Å²) in [6.07, 6.45) is 7.15. The standard InChI is InChI=1S/C22H19FN6S/c1-30-22-27-19-20(16-4-2-3-5-18(16)26-21(19)24)29(22)11-14-6-7-15(17(23)10-14)12-28-9-8-25-13-28/h2-10,13H,11-12H2,1H3,(H2,24,26). The number of aromatic nitrogens is 5. The van der Waals surface area contributed by atoms with E-state index in [1.807, 2.05) is 53.4 Å². The molecule has 0 bridgehead atoms. The summed E-state index contributed by atoms with van der Waals surface area (Å²) in [4.78, 5) is 13.2. The Morgan fingerprint density at radius 3 is 2.73 bits per heavy atom. The fraction of sp³-hybridized carbons (Fsp3) is 0.136.